The third-order valence-electron chi connectivity index (χ3n) is 5.31. The zero-order valence-corrected chi connectivity index (χ0v) is 19.0. The van der Waals surface area contributed by atoms with Crippen molar-refractivity contribution in [3.63, 3.8) is 0 Å². The number of carbonyl (C=O) groups is 1. The number of rotatable bonds is 8. The van der Waals surface area contributed by atoms with Crippen molar-refractivity contribution in [2.45, 2.75) is 23.5 Å². The van der Waals surface area contributed by atoms with Gasteiger partial charge in [-0.05, 0) is 54.6 Å². The molecule has 2 aromatic heterocycles. The third-order valence-corrected chi connectivity index (χ3v) is 6.40. The number of ketones is 1. The summed E-state index contributed by atoms with van der Waals surface area (Å²) in [6.07, 6.45) is 1.19. The van der Waals surface area contributed by atoms with Gasteiger partial charge >= 0.3 is 0 Å². The van der Waals surface area contributed by atoms with Gasteiger partial charge in [0.25, 0.3) is 11.1 Å². The summed E-state index contributed by atoms with van der Waals surface area (Å²) in [5.74, 6) is 0.337. The Balaban J connectivity index is 1.40. The number of nitrogens with one attached hydrogen (secondary N) is 1. The van der Waals surface area contributed by atoms with Gasteiger partial charge in [0.2, 0.25) is 0 Å². The first-order valence-corrected chi connectivity index (χ1v) is 11.5. The van der Waals surface area contributed by atoms with Crippen LogP contribution in [0, 0.1) is 5.82 Å². The maximum Gasteiger partial charge on any atom is 0.277 e. The molecule has 2 heterocycles. The molecule has 5 rings (SSSR count). The number of halogens is 1. The molecular weight excluding hydrogens is 453 g/mol. The summed E-state index contributed by atoms with van der Waals surface area (Å²) >= 11 is 1.19. The number of ether oxygens (including phenoxy) is 1. The number of carbonyl (C=O) groups excluding carboxylic acids is 1. The standard InChI is InChI=1S/C26H20FN3O3S/c1-16(32-19-13-11-18(27)12-14-19)25-29-30-26(33-25)34-24(17-7-3-2-4-8-17)23(31)21-15-28-22-10-6-5-9-20(21)22/h2-16,24,28H,1H3/t16-,24+/m1/s1. The van der Waals surface area contributed by atoms with E-state index >= 15 is 0 Å². The molecule has 0 bridgehead atoms. The topological polar surface area (TPSA) is 81.0 Å². The molecule has 0 saturated heterocycles. The van der Waals surface area contributed by atoms with Gasteiger partial charge in [0, 0.05) is 22.7 Å². The number of H-pyrrole nitrogens is 1. The Morgan fingerprint density at radius 3 is 2.53 bits per heavy atom. The van der Waals surface area contributed by atoms with Crippen molar-refractivity contribution in [3.05, 3.63) is 108 Å². The Kier molecular flexibility index (Phi) is 6.14. The van der Waals surface area contributed by atoms with E-state index in [2.05, 4.69) is 15.2 Å². The summed E-state index contributed by atoms with van der Waals surface area (Å²) in [4.78, 5) is 16.8. The lowest BCUT2D eigenvalue weighted by Gasteiger charge is -2.14. The van der Waals surface area contributed by atoms with E-state index < -0.39 is 11.4 Å². The number of benzene rings is 3. The maximum absolute atomic E-state index is 13.6. The minimum Gasteiger partial charge on any atom is -0.481 e. The molecule has 1 N–H and O–H groups in total. The van der Waals surface area contributed by atoms with Gasteiger partial charge in [-0.25, -0.2) is 4.39 Å². The molecule has 170 valence electrons. The summed E-state index contributed by atoms with van der Waals surface area (Å²) in [6, 6.07) is 22.9. The highest BCUT2D eigenvalue weighted by atomic mass is 32.2. The van der Waals surface area contributed by atoms with Crippen LogP contribution in [-0.4, -0.2) is 21.0 Å². The molecule has 8 heteroatoms. The normalized spacial score (nSPS) is 13.0. The van der Waals surface area contributed by atoms with Crippen molar-refractivity contribution in [2.24, 2.45) is 0 Å². The number of para-hydroxylation sites is 1. The maximum atomic E-state index is 13.6. The Labute approximate surface area is 199 Å². The molecule has 0 amide bonds. The number of hydrogen-bond donors (Lipinski definition) is 1. The van der Waals surface area contributed by atoms with E-state index in [0.29, 0.717) is 11.3 Å². The van der Waals surface area contributed by atoms with Gasteiger partial charge < -0.3 is 14.1 Å². The smallest absolute Gasteiger partial charge is 0.277 e. The van der Waals surface area contributed by atoms with Crippen LogP contribution in [0.2, 0.25) is 0 Å². The second-order valence-corrected chi connectivity index (χ2v) is 8.70. The minimum absolute atomic E-state index is 0.0657. The van der Waals surface area contributed by atoms with E-state index in [1.54, 1.807) is 13.1 Å². The highest BCUT2D eigenvalue weighted by Crippen LogP contribution is 2.39. The van der Waals surface area contributed by atoms with E-state index in [1.807, 2.05) is 54.6 Å². The zero-order chi connectivity index (χ0) is 23.5. The zero-order valence-electron chi connectivity index (χ0n) is 18.1. The quantitative estimate of drug-likeness (QED) is 0.203. The first kappa shape index (κ1) is 21.9. The molecule has 0 saturated carbocycles. The number of Topliss-reactive ketones (excluding diaryl/α,β-unsaturated/α-hetero) is 1. The van der Waals surface area contributed by atoms with Crippen molar-refractivity contribution in [1.82, 2.24) is 15.2 Å². The van der Waals surface area contributed by atoms with Crippen LogP contribution in [0.15, 0.2) is 94.7 Å². The molecule has 5 aromatic rings. The fourth-order valence-corrected chi connectivity index (χ4v) is 4.57. The number of thioether (sulfide) groups is 1. The Bertz CT molecular complexity index is 1420. The highest BCUT2D eigenvalue weighted by molar-refractivity contribution is 8.00. The molecule has 0 unspecified atom stereocenters. The molecule has 0 aliphatic heterocycles. The second-order valence-electron chi connectivity index (χ2n) is 7.64. The molecule has 0 radical (unpaired) electrons. The van der Waals surface area contributed by atoms with Crippen molar-refractivity contribution < 1.29 is 18.3 Å². The molecule has 3 aromatic carbocycles. The van der Waals surface area contributed by atoms with Gasteiger partial charge in [-0.1, -0.05) is 48.5 Å². The Morgan fingerprint density at radius 2 is 1.74 bits per heavy atom. The van der Waals surface area contributed by atoms with E-state index in [0.717, 1.165) is 16.5 Å². The van der Waals surface area contributed by atoms with Crippen LogP contribution in [-0.2, 0) is 0 Å². The molecule has 6 nitrogen and oxygen atoms in total. The van der Waals surface area contributed by atoms with Gasteiger partial charge in [-0.15, -0.1) is 10.2 Å². The first-order chi connectivity index (χ1) is 16.6. The lowest BCUT2D eigenvalue weighted by molar-refractivity contribution is 0.0990. The van der Waals surface area contributed by atoms with Crippen molar-refractivity contribution >= 4 is 28.4 Å². The van der Waals surface area contributed by atoms with Crippen LogP contribution in [0.3, 0.4) is 0 Å². The summed E-state index contributed by atoms with van der Waals surface area (Å²) in [5.41, 5.74) is 2.33. The lowest BCUT2D eigenvalue weighted by Crippen LogP contribution is -2.09. The largest absolute Gasteiger partial charge is 0.481 e. The van der Waals surface area contributed by atoms with Crippen LogP contribution in [0.5, 0.6) is 5.75 Å². The lowest BCUT2D eigenvalue weighted by atomic mass is 10.0. The van der Waals surface area contributed by atoms with Gasteiger partial charge in [0.15, 0.2) is 11.9 Å². The molecule has 34 heavy (non-hydrogen) atoms. The summed E-state index contributed by atoms with van der Waals surface area (Å²) in [6.45, 7) is 1.76. The van der Waals surface area contributed by atoms with E-state index in [9.17, 15) is 9.18 Å². The van der Waals surface area contributed by atoms with E-state index in [1.165, 1.54) is 36.0 Å². The van der Waals surface area contributed by atoms with Crippen LogP contribution in [0.25, 0.3) is 10.9 Å². The van der Waals surface area contributed by atoms with Gasteiger partial charge in [0.1, 0.15) is 16.8 Å². The molecule has 0 fully saturated rings. The SMILES string of the molecule is C[C@@H](Oc1ccc(F)cc1)c1nnc(S[C@H](C(=O)c2c[nH]c3ccccc23)c2ccccc2)o1. The fraction of sp³-hybridized carbons (Fsp3) is 0.115. The average Bonchev–Trinajstić information content (AvgIpc) is 3.51. The summed E-state index contributed by atoms with van der Waals surface area (Å²) in [7, 11) is 0. The number of hydrogen-bond acceptors (Lipinski definition) is 6. The van der Waals surface area contributed by atoms with Crippen LogP contribution in [0.4, 0.5) is 4.39 Å². The Hall–Kier alpha value is -3.91. The molecule has 2 atom stereocenters. The minimum atomic E-state index is -0.581. The highest BCUT2D eigenvalue weighted by Gasteiger charge is 2.28. The average molecular weight is 474 g/mol. The van der Waals surface area contributed by atoms with Crippen LogP contribution in [0.1, 0.15) is 40.1 Å². The second kappa shape index (κ2) is 9.52. The molecule has 0 aliphatic rings. The summed E-state index contributed by atoms with van der Waals surface area (Å²) < 4.78 is 24.7. The van der Waals surface area contributed by atoms with Gasteiger partial charge in [-0.3, -0.25) is 4.79 Å². The molecule has 0 spiro atoms. The third kappa shape index (κ3) is 4.58. The predicted molar refractivity (Wildman–Crippen MR) is 127 cm³/mol. The van der Waals surface area contributed by atoms with Gasteiger partial charge in [0.05, 0.1) is 0 Å². The monoisotopic (exact) mass is 473 g/mol. The number of aromatic nitrogens is 3. The number of nitrogens with zero attached hydrogens (tertiary/aromatic N) is 2. The van der Waals surface area contributed by atoms with Gasteiger partial charge in [-0.2, -0.15) is 0 Å². The van der Waals surface area contributed by atoms with E-state index in [-0.39, 0.29) is 22.7 Å². The van der Waals surface area contributed by atoms with Crippen molar-refractivity contribution in [2.75, 3.05) is 0 Å². The number of aromatic amines is 1. The van der Waals surface area contributed by atoms with Crippen LogP contribution >= 0.6 is 11.8 Å². The molecular formula is C26H20FN3O3S. The Morgan fingerprint density at radius 1 is 1.00 bits per heavy atom. The van der Waals surface area contributed by atoms with Crippen molar-refractivity contribution in [1.29, 1.82) is 0 Å². The van der Waals surface area contributed by atoms with Crippen LogP contribution < -0.4 is 4.74 Å². The van der Waals surface area contributed by atoms with Crippen molar-refractivity contribution in [3.8, 4) is 5.75 Å². The van der Waals surface area contributed by atoms with E-state index in [4.69, 9.17) is 9.15 Å². The fourth-order valence-electron chi connectivity index (χ4n) is 3.62. The molecule has 0 aliphatic carbocycles. The predicted octanol–water partition coefficient (Wildman–Crippen LogP) is 6.55. The first-order valence-electron chi connectivity index (χ1n) is 10.7. The summed E-state index contributed by atoms with van der Waals surface area (Å²) in [5, 5.41) is 8.76. The number of fused-ring (bicyclic) bond motifs is 1.